The fraction of sp³-hybridized carbons (Fsp3) is 0.375. The zero-order valence-electron chi connectivity index (χ0n) is 12.9. The maximum atomic E-state index is 11.9. The van der Waals surface area contributed by atoms with Gasteiger partial charge in [-0.15, -0.1) is 11.8 Å². The van der Waals surface area contributed by atoms with Crippen molar-refractivity contribution in [2.24, 2.45) is 0 Å². The van der Waals surface area contributed by atoms with Crippen molar-refractivity contribution >= 4 is 35.2 Å². The Morgan fingerprint density at radius 3 is 2.77 bits per heavy atom. The summed E-state index contributed by atoms with van der Waals surface area (Å²) in [5.41, 5.74) is 1.81. The van der Waals surface area contributed by atoms with E-state index in [1.165, 1.54) is 11.8 Å². The van der Waals surface area contributed by atoms with Crippen molar-refractivity contribution in [3.8, 4) is 0 Å². The summed E-state index contributed by atoms with van der Waals surface area (Å²) in [6, 6.07) is 9.39. The number of thioether (sulfide) groups is 1. The lowest BCUT2D eigenvalue weighted by Gasteiger charge is -2.12. The van der Waals surface area contributed by atoms with Crippen LogP contribution in [0.15, 0.2) is 34.9 Å². The molecule has 4 nitrogen and oxygen atoms in total. The van der Waals surface area contributed by atoms with E-state index in [1.54, 1.807) is 6.07 Å². The molecule has 2 aromatic rings. The van der Waals surface area contributed by atoms with E-state index < -0.39 is 0 Å². The van der Waals surface area contributed by atoms with Crippen molar-refractivity contribution in [3.05, 3.63) is 46.6 Å². The van der Waals surface area contributed by atoms with Crippen LogP contribution in [0.4, 0.5) is 5.88 Å². The minimum Gasteiger partial charge on any atom is -0.338 e. The molecule has 0 atom stereocenters. The number of rotatable bonds is 5. The lowest BCUT2D eigenvalue weighted by molar-refractivity contribution is -0.113. The number of aromatic nitrogens is 1. The predicted octanol–water partition coefficient (Wildman–Crippen LogP) is 4.50. The molecular weight excluding hydrogens is 320 g/mol. The number of nitrogens with one attached hydrogen (secondary N) is 1. The van der Waals surface area contributed by atoms with Crippen LogP contribution in [0.1, 0.15) is 32.0 Å². The van der Waals surface area contributed by atoms with Crippen LogP contribution >= 0.6 is 23.4 Å². The normalized spacial score (nSPS) is 11.5. The van der Waals surface area contributed by atoms with E-state index >= 15 is 0 Å². The third-order valence-electron chi connectivity index (χ3n) is 2.93. The number of benzene rings is 1. The van der Waals surface area contributed by atoms with E-state index in [-0.39, 0.29) is 11.3 Å². The van der Waals surface area contributed by atoms with E-state index in [4.69, 9.17) is 16.1 Å². The Bertz CT molecular complexity index is 650. The van der Waals surface area contributed by atoms with Crippen LogP contribution in [-0.4, -0.2) is 16.8 Å². The molecule has 0 fully saturated rings. The highest BCUT2D eigenvalue weighted by molar-refractivity contribution is 7.99. The van der Waals surface area contributed by atoms with Crippen molar-refractivity contribution in [1.29, 1.82) is 0 Å². The summed E-state index contributed by atoms with van der Waals surface area (Å²) in [6.45, 7) is 6.12. The third kappa shape index (κ3) is 5.07. The number of halogens is 1. The summed E-state index contributed by atoms with van der Waals surface area (Å²) in [4.78, 5) is 11.9. The van der Waals surface area contributed by atoms with E-state index in [1.807, 2.05) is 45.0 Å². The Balaban J connectivity index is 1.80. The van der Waals surface area contributed by atoms with Gasteiger partial charge in [-0.05, 0) is 17.7 Å². The Labute approximate surface area is 139 Å². The SMILES string of the molecule is CC(C)(C)c1cc(NC(=O)CSCc2cccc(Cl)c2)on1. The maximum Gasteiger partial charge on any atom is 0.236 e. The fourth-order valence-corrected chi connectivity index (χ4v) is 2.74. The van der Waals surface area contributed by atoms with Gasteiger partial charge in [-0.3, -0.25) is 10.1 Å². The lowest BCUT2D eigenvalue weighted by atomic mass is 9.92. The number of carbonyl (C=O) groups excluding carboxylic acids is 1. The summed E-state index contributed by atoms with van der Waals surface area (Å²) < 4.78 is 5.13. The largest absolute Gasteiger partial charge is 0.338 e. The van der Waals surface area contributed by atoms with Crippen LogP contribution in [0.3, 0.4) is 0 Å². The van der Waals surface area contributed by atoms with Gasteiger partial charge in [0.2, 0.25) is 11.8 Å². The zero-order valence-corrected chi connectivity index (χ0v) is 14.4. The monoisotopic (exact) mass is 338 g/mol. The van der Waals surface area contributed by atoms with Gasteiger partial charge in [0.1, 0.15) is 0 Å². The number of carbonyl (C=O) groups is 1. The maximum absolute atomic E-state index is 11.9. The van der Waals surface area contributed by atoms with Gasteiger partial charge in [-0.1, -0.05) is 49.7 Å². The summed E-state index contributed by atoms with van der Waals surface area (Å²) in [5.74, 6) is 1.36. The van der Waals surface area contributed by atoms with Gasteiger partial charge in [0, 0.05) is 22.3 Å². The van der Waals surface area contributed by atoms with Crippen molar-refractivity contribution in [1.82, 2.24) is 5.16 Å². The Morgan fingerprint density at radius 2 is 2.14 bits per heavy atom. The molecule has 118 valence electrons. The average Bonchev–Trinajstić information content (AvgIpc) is 2.87. The molecule has 0 saturated carbocycles. The van der Waals surface area contributed by atoms with Gasteiger partial charge in [-0.2, -0.15) is 0 Å². The molecular formula is C16H19ClN2O2S. The quantitative estimate of drug-likeness (QED) is 0.872. The molecule has 0 aliphatic heterocycles. The molecule has 0 saturated heterocycles. The molecule has 0 aliphatic rings. The molecule has 1 amide bonds. The first kappa shape index (κ1) is 16.9. The van der Waals surface area contributed by atoms with E-state index in [0.29, 0.717) is 16.7 Å². The zero-order chi connectivity index (χ0) is 16.2. The highest BCUT2D eigenvalue weighted by atomic mass is 35.5. The summed E-state index contributed by atoms with van der Waals surface area (Å²) in [5, 5.41) is 7.39. The second kappa shape index (κ2) is 7.20. The van der Waals surface area contributed by atoms with Crippen LogP contribution in [-0.2, 0) is 16.0 Å². The number of amides is 1. The number of hydrogen-bond acceptors (Lipinski definition) is 4. The molecule has 0 radical (unpaired) electrons. The summed E-state index contributed by atoms with van der Waals surface area (Å²) in [7, 11) is 0. The van der Waals surface area contributed by atoms with Crippen LogP contribution in [0.2, 0.25) is 5.02 Å². The van der Waals surface area contributed by atoms with Crippen LogP contribution < -0.4 is 5.32 Å². The third-order valence-corrected chi connectivity index (χ3v) is 4.17. The molecule has 1 aromatic carbocycles. The van der Waals surface area contributed by atoms with Crippen molar-refractivity contribution in [3.63, 3.8) is 0 Å². The second-order valence-corrected chi connectivity index (χ2v) is 7.42. The first-order valence-electron chi connectivity index (χ1n) is 6.94. The van der Waals surface area contributed by atoms with Crippen LogP contribution in [0, 0.1) is 0 Å². The first-order chi connectivity index (χ1) is 10.3. The van der Waals surface area contributed by atoms with E-state index in [0.717, 1.165) is 17.0 Å². The van der Waals surface area contributed by atoms with Crippen molar-refractivity contribution in [2.45, 2.75) is 31.9 Å². The van der Waals surface area contributed by atoms with E-state index in [2.05, 4.69) is 10.5 Å². The molecule has 1 N–H and O–H groups in total. The fourth-order valence-electron chi connectivity index (χ4n) is 1.75. The molecule has 6 heteroatoms. The minimum absolute atomic E-state index is 0.103. The summed E-state index contributed by atoms with van der Waals surface area (Å²) >= 11 is 7.45. The lowest BCUT2D eigenvalue weighted by Crippen LogP contribution is -2.14. The van der Waals surface area contributed by atoms with Crippen LogP contribution in [0.25, 0.3) is 0 Å². The second-order valence-electron chi connectivity index (χ2n) is 6.00. The Morgan fingerprint density at radius 1 is 1.36 bits per heavy atom. The predicted molar refractivity (Wildman–Crippen MR) is 91.4 cm³/mol. The molecule has 2 rings (SSSR count). The number of hydrogen-bond donors (Lipinski definition) is 1. The Hall–Kier alpha value is -1.46. The standard InChI is InChI=1S/C16H19ClN2O2S/c1-16(2,3)13-8-15(21-19-13)18-14(20)10-22-9-11-5-4-6-12(17)7-11/h4-8H,9-10H2,1-3H3,(H,18,20). The smallest absolute Gasteiger partial charge is 0.236 e. The number of anilines is 1. The highest BCUT2D eigenvalue weighted by Crippen LogP contribution is 2.24. The molecule has 0 unspecified atom stereocenters. The van der Waals surface area contributed by atoms with Gasteiger partial charge >= 0.3 is 0 Å². The van der Waals surface area contributed by atoms with Crippen molar-refractivity contribution in [2.75, 3.05) is 11.1 Å². The van der Waals surface area contributed by atoms with Gasteiger partial charge in [0.25, 0.3) is 0 Å². The van der Waals surface area contributed by atoms with Gasteiger partial charge in [-0.25, -0.2) is 0 Å². The average molecular weight is 339 g/mol. The molecule has 1 aromatic heterocycles. The van der Waals surface area contributed by atoms with Gasteiger partial charge in [0.15, 0.2) is 0 Å². The van der Waals surface area contributed by atoms with E-state index in [9.17, 15) is 4.79 Å². The molecule has 0 bridgehead atoms. The molecule has 1 heterocycles. The highest BCUT2D eigenvalue weighted by Gasteiger charge is 2.19. The van der Waals surface area contributed by atoms with Crippen molar-refractivity contribution < 1.29 is 9.32 Å². The van der Waals surface area contributed by atoms with Gasteiger partial charge in [0.05, 0.1) is 11.4 Å². The molecule has 22 heavy (non-hydrogen) atoms. The molecule has 0 aliphatic carbocycles. The number of nitrogens with zero attached hydrogens (tertiary/aromatic N) is 1. The van der Waals surface area contributed by atoms with Gasteiger partial charge < -0.3 is 4.52 Å². The topological polar surface area (TPSA) is 55.1 Å². The minimum atomic E-state index is -0.108. The first-order valence-corrected chi connectivity index (χ1v) is 8.47. The Kier molecular flexibility index (Phi) is 5.53. The van der Waals surface area contributed by atoms with Crippen LogP contribution in [0.5, 0.6) is 0 Å². The summed E-state index contributed by atoms with van der Waals surface area (Å²) in [6.07, 6.45) is 0. The molecule has 0 spiro atoms.